The standard InChI is InChI=1S/C18H27N3O3/c1-13-11-15(14(2)19-13)17(22)12-21-6-4-3-5-16(21)18(23)20-7-9-24-10-8-20/h11,16,19H,3-10,12H2,1-2H3. The molecule has 0 saturated carbocycles. The third-order valence-electron chi connectivity index (χ3n) is 5.02. The number of H-pyrrole nitrogens is 1. The van der Waals surface area contributed by atoms with Crippen molar-refractivity contribution in [3.63, 3.8) is 0 Å². The first-order valence-electron chi connectivity index (χ1n) is 8.86. The topological polar surface area (TPSA) is 65.6 Å². The number of piperidine rings is 1. The molecule has 132 valence electrons. The van der Waals surface area contributed by atoms with Crippen molar-refractivity contribution in [1.82, 2.24) is 14.8 Å². The summed E-state index contributed by atoms with van der Waals surface area (Å²) in [5.41, 5.74) is 2.65. The number of ether oxygens (including phenoxy) is 1. The Balaban J connectivity index is 1.68. The van der Waals surface area contributed by atoms with Crippen molar-refractivity contribution in [2.75, 3.05) is 39.4 Å². The molecule has 6 heteroatoms. The quantitative estimate of drug-likeness (QED) is 0.849. The van der Waals surface area contributed by atoms with Crippen LogP contribution in [0, 0.1) is 13.8 Å². The van der Waals surface area contributed by atoms with Gasteiger partial charge in [-0.2, -0.15) is 0 Å². The molecule has 1 aromatic heterocycles. The first-order chi connectivity index (χ1) is 11.6. The number of rotatable bonds is 4. The van der Waals surface area contributed by atoms with Gasteiger partial charge < -0.3 is 14.6 Å². The van der Waals surface area contributed by atoms with Crippen LogP contribution in [0.4, 0.5) is 0 Å². The molecular weight excluding hydrogens is 306 g/mol. The molecule has 3 rings (SSSR count). The van der Waals surface area contributed by atoms with E-state index in [9.17, 15) is 9.59 Å². The zero-order valence-electron chi connectivity index (χ0n) is 14.6. The van der Waals surface area contributed by atoms with Gasteiger partial charge in [0, 0.05) is 30.0 Å². The van der Waals surface area contributed by atoms with E-state index in [1.54, 1.807) is 0 Å². The van der Waals surface area contributed by atoms with Crippen LogP contribution in [-0.2, 0) is 9.53 Å². The largest absolute Gasteiger partial charge is 0.378 e. The van der Waals surface area contributed by atoms with Gasteiger partial charge in [-0.05, 0) is 39.3 Å². The molecule has 2 saturated heterocycles. The first kappa shape index (κ1) is 17.2. The zero-order chi connectivity index (χ0) is 17.1. The zero-order valence-corrected chi connectivity index (χ0v) is 14.6. The average Bonchev–Trinajstić information content (AvgIpc) is 2.94. The number of hydrogen-bond donors (Lipinski definition) is 1. The van der Waals surface area contributed by atoms with Gasteiger partial charge >= 0.3 is 0 Å². The molecule has 0 aromatic carbocycles. The van der Waals surface area contributed by atoms with Crippen LogP contribution in [0.5, 0.6) is 0 Å². The first-order valence-corrected chi connectivity index (χ1v) is 8.86. The third-order valence-corrected chi connectivity index (χ3v) is 5.02. The highest BCUT2D eigenvalue weighted by Crippen LogP contribution is 2.21. The lowest BCUT2D eigenvalue weighted by atomic mass is 9.99. The summed E-state index contributed by atoms with van der Waals surface area (Å²) in [5.74, 6) is 0.256. The number of aromatic amines is 1. The Morgan fingerprint density at radius 1 is 1.21 bits per heavy atom. The minimum absolute atomic E-state index is 0.0959. The summed E-state index contributed by atoms with van der Waals surface area (Å²) in [6.07, 6.45) is 2.94. The number of hydrogen-bond acceptors (Lipinski definition) is 4. The molecule has 6 nitrogen and oxygen atoms in total. The highest BCUT2D eigenvalue weighted by atomic mass is 16.5. The number of nitrogens with zero attached hydrogens (tertiary/aromatic N) is 2. The van der Waals surface area contributed by atoms with Crippen molar-refractivity contribution in [3.8, 4) is 0 Å². The lowest BCUT2D eigenvalue weighted by molar-refractivity contribution is -0.142. The minimum Gasteiger partial charge on any atom is -0.378 e. The second-order valence-electron chi connectivity index (χ2n) is 6.83. The summed E-state index contributed by atoms with van der Waals surface area (Å²) < 4.78 is 5.34. The number of morpholine rings is 1. The molecule has 0 spiro atoms. The van der Waals surface area contributed by atoms with Crippen molar-refractivity contribution in [2.45, 2.75) is 39.2 Å². The molecule has 2 aliphatic heterocycles. The molecule has 0 aliphatic carbocycles. The van der Waals surface area contributed by atoms with Gasteiger partial charge in [-0.3, -0.25) is 14.5 Å². The summed E-state index contributed by atoms with van der Waals surface area (Å²) >= 11 is 0. The number of Topliss-reactive ketones (excluding diaryl/α,β-unsaturated/α-hetero) is 1. The molecule has 3 heterocycles. The van der Waals surface area contributed by atoms with Gasteiger partial charge in [0.15, 0.2) is 5.78 Å². The van der Waals surface area contributed by atoms with Crippen LogP contribution in [0.3, 0.4) is 0 Å². The Labute approximate surface area is 143 Å². The predicted molar refractivity (Wildman–Crippen MR) is 91.2 cm³/mol. The molecule has 1 N–H and O–H groups in total. The lowest BCUT2D eigenvalue weighted by Gasteiger charge is -2.38. The van der Waals surface area contributed by atoms with Crippen molar-refractivity contribution < 1.29 is 14.3 Å². The molecule has 0 radical (unpaired) electrons. The normalized spacial score (nSPS) is 22.6. The monoisotopic (exact) mass is 333 g/mol. The van der Waals surface area contributed by atoms with Crippen LogP contribution < -0.4 is 0 Å². The predicted octanol–water partition coefficient (Wildman–Crippen LogP) is 1.53. The number of ketones is 1. The fraction of sp³-hybridized carbons (Fsp3) is 0.667. The van der Waals surface area contributed by atoms with Crippen LogP contribution in [0.2, 0.25) is 0 Å². The van der Waals surface area contributed by atoms with E-state index in [0.717, 1.165) is 42.8 Å². The molecule has 2 fully saturated rings. The van der Waals surface area contributed by atoms with Gasteiger partial charge in [-0.1, -0.05) is 6.42 Å². The van der Waals surface area contributed by atoms with E-state index in [0.29, 0.717) is 32.8 Å². The summed E-state index contributed by atoms with van der Waals surface area (Å²) in [4.78, 5) is 32.7. The van der Waals surface area contributed by atoms with E-state index in [4.69, 9.17) is 4.74 Å². The number of likely N-dealkylation sites (tertiary alicyclic amines) is 1. The van der Waals surface area contributed by atoms with Crippen molar-refractivity contribution in [2.24, 2.45) is 0 Å². The molecule has 1 aromatic rings. The SMILES string of the molecule is Cc1cc(C(=O)CN2CCCCC2C(=O)N2CCOCC2)c(C)[nH]1. The van der Waals surface area contributed by atoms with Gasteiger partial charge in [0.2, 0.25) is 5.91 Å². The molecule has 24 heavy (non-hydrogen) atoms. The Morgan fingerprint density at radius 2 is 1.96 bits per heavy atom. The van der Waals surface area contributed by atoms with Crippen LogP contribution in [0.15, 0.2) is 6.07 Å². The second-order valence-corrected chi connectivity index (χ2v) is 6.83. The highest BCUT2D eigenvalue weighted by molar-refractivity contribution is 5.99. The Kier molecular flexibility index (Phi) is 5.36. The van der Waals surface area contributed by atoms with E-state index >= 15 is 0 Å². The van der Waals surface area contributed by atoms with E-state index in [1.165, 1.54) is 0 Å². The van der Waals surface area contributed by atoms with Crippen LogP contribution in [0.1, 0.15) is 41.0 Å². The third kappa shape index (κ3) is 3.70. The molecular formula is C18H27N3O3. The van der Waals surface area contributed by atoms with Crippen molar-refractivity contribution in [1.29, 1.82) is 0 Å². The van der Waals surface area contributed by atoms with Crippen LogP contribution in [-0.4, -0.2) is 71.9 Å². The molecule has 0 bridgehead atoms. The Hall–Kier alpha value is -1.66. The van der Waals surface area contributed by atoms with E-state index in [-0.39, 0.29) is 17.7 Å². The van der Waals surface area contributed by atoms with Crippen LogP contribution >= 0.6 is 0 Å². The fourth-order valence-electron chi connectivity index (χ4n) is 3.74. The highest BCUT2D eigenvalue weighted by Gasteiger charge is 2.33. The number of aryl methyl sites for hydroxylation is 2. The van der Waals surface area contributed by atoms with Crippen LogP contribution in [0.25, 0.3) is 0 Å². The van der Waals surface area contributed by atoms with E-state index in [1.807, 2.05) is 24.8 Å². The average molecular weight is 333 g/mol. The number of nitrogens with one attached hydrogen (secondary N) is 1. The van der Waals surface area contributed by atoms with E-state index < -0.39 is 0 Å². The second kappa shape index (κ2) is 7.49. The summed E-state index contributed by atoms with van der Waals surface area (Å²) in [6.45, 7) is 7.55. The van der Waals surface area contributed by atoms with Crippen molar-refractivity contribution in [3.05, 3.63) is 23.0 Å². The van der Waals surface area contributed by atoms with Gasteiger partial charge in [0.05, 0.1) is 25.8 Å². The van der Waals surface area contributed by atoms with E-state index in [2.05, 4.69) is 9.88 Å². The van der Waals surface area contributed by atoms with Gasteiger partial charge in [-0.15, -0.1) is 0 Å². The smallest absolute Gasteiger partial charge is 0.240 e. The molecule has 1 amide bonds. The fourth-order valence-corrected chi connectivity index (χ4v) is 3.74. The minimum atomic E-state index is -0.166. The molecule has 1 unspecified atom stereocenters. The van der Waals surface area contributed by atoms with Gasteiger partial charge in [0.25, 0.3) is 0 Å². The summed E-state index contributed by atoms with van der Waals surface area (Å²) in [5, 5.41) is 0. The van der Waals surface area contributed by atoms with Crippen molar-refractivity contribution >= 4 is 11.7 Å². The molecule has 1 atom stereocenters. The summed E-state index contributed by atoms with van der Waals surface area (Å²) in [6, 6.07) is 1.74. The van der Waals surface area contributed by atoms with Gasteiger partial charge in [-0.25, -0.2) is 0 Å². The maximum atomic E-state index is 12.9. The lowest BCUT2D eigenvalue weighted by Crippen LogP contribution is -2.54. The summed E-state index contributed by atoms with van der Waals surface area (Å²) in [7, 11) is 0. The Bertz CT molecular complexity index is 605. The number of aromatic nitrogens is 1. The maximum Gasteiger partial charge on any atom is 0.240 e. The van der Waals surface area contributed by atoms with Gasteiger partial charge in [0.1, 0.15) is 0 Å². The number of carbonyl (C=O) groups is 2. The number of amides is 1. The maximum absolute atomic E-state index is 12.9. The Morgan fingerprint density at radius 3 is 2.62 bits per heavy atom. The number of carbonyl (C=O) groups excluding carboxylic acids is 2. The molecule has 2 aliphatic rings.